The lowest BCUT2D eigenvalue weighted by Gasteiger charge is -2.24. The Labute approximate surface area is 104 Å². The summed E-state index contributed by atoms with van der Waals surface area (Å²) in [6.07, 6.45) is 3.45. The molecule has 1 amide bonds. The first kappa shape index (κ1) is 14.0. The van der Waals surface area contributed by atoms with Gasteiger partial charge >= 0.3 is 6.09 Å². The minimum atomic E-state index is -0.220. The van der Waals surface area contributed by atoms with Gasteiger partial charge in [0, 0.05) is 19.1 Å². The summed E-state index contributed by atoms with van der Waals surface area (Å²) in [5.74, 6) is 0.636. The summed E-state index contributed by atoms with van der Waals surface area (Å²) in [5, 5.41) is 3.48. The van der Waals surface area contributed by atoms with Crippen molar-refractivity contribution in [2.24, 2.45) is 5.92 Å². The lowest BCUT2D eigenvalue weighted by atomic mass is 10.0. The lowest BCUT2D eigenvalue weighted by Crippen LogP contribution is -2.41. The smallest absolute Gasteiger partial charge is 0.410 e. The van der Waals surface area contributed by atoms with Crippen molar-refractivity contribution in [2.75, 3.05) is 26.2 Å². The lowest BCUT2D eigenvalue weighted by molar-refractivity contribution is 0.110. The maximum Gasteiger partial charge on any atom is 0.410 e. The Morgan fingerprint density at radius 3 is 3.06 bits per heavy atom. The fourth-order valence-corrected chi connectivity index (χ4v) is 2.11. The fourth-order valence-electron chi connectivity index (χ4n) is 2.11. The highest BCUT2D eigenvalue weighted by molar-refractivity contribution is 5.67. The number of carbonyl (C=O) groups excluding carboxylic acids is 1. The molecular formula is C13H24N2O2. The molecule has 1 fully saturated rings. The molecule has 0 aromatic carbocycles. The van der Waals surface area contributed by atoms with Crippen LogP contribution in [0.4, 0.5) is 4.79 Å². The Morgan fingerprint density at radius 1 is 1.65 bits per heavy atom. The molecule has 1 atom stereocenters. The molecule has 1 aliphatic heterocycles. The summed E-state index contributed by atoms with van der Waals surface area (Å²) >= 11 is 0. The SMILES string of the molecule is C=CCOC(=O)N1CCCNC(CC(C)C)C1. The Hall–Kier alpha value is -1.03. The molecule has 4 nitrogen and oxygen atoms in total. The summed E-state index contributed by atoms with van der Waals surface area (Å²) < 4.78 is 5.08. The molecule has 1 heterocycles. The summed E-state index contributed by atoms with van der Waals surface area (Å²) in [6, 6.07) is 0.383. The molecule has 17 heavy (non-hydrogen) atoms. The average molecular weight is 240 g/mol. The fraction of sp³-hybridized carbons (Fsp3) is 0.769. The van der Waals surface area contributed by atoms with Crippen molar-refractivity contribution in [1.82, 2.24) is 10.2 Å². The summed E-state index contributed by atoms with van der Waals surface area (Å²) in [4.78, 5) is 13.6. The molecule has 1 unspecified atom stereocenters. The Morgan fingerprint density at radius 2 is 2.41 bits per heavy atom. The quantitative estimate of drug-likeness (QED) is 0.764. The maximum atomic E-state index is 11.8. The first-order chi connectivity index (χ1) is 8.13. The van der Waals surface area contributed by atoms with Crippen LogP contribution in [-0.2, 0) is 4.74 Å². The van der Waals surface area contributed by atoms with Crippen molar-refractivity contribution in [1.29, 1.82) is 0 Å². The molecule has 4 heteroatoms. The van der Waals surface area contributed by atoms with Crippen molar-refractivity contribution in [2.45, 2.75) is 32.7 Å². The van der Waals surface area contributed by atoms with Crippen LogP contribution in [0.5, 0.6) is 0 Å². The van der Waals surface area contributed by atoms with Gasteiger partial charge in [0.2, 0.25) is 0 Å². The maximum absolute atomic E-state index is 11.8. The van der Waals surface area contributed by atoms with E-state index in [2.05, 4.69) is 25.7 Å². The van der Waals surface area contributed by atoms with Crippen LogP contribution >= 0.6 is 0 Å². The van der Waals surface area contributed by atoms with Crippen LogP contribution in [0, 0.1) is 5.92 Å². The Bertz CT molecular complexity index is 254. The first-order valence-corrected chi connectivity index (χ1v) is 6.39. The third-order valence-electron chi connectivity index (χ3n) is 2.82. The van der Waals surface area contributed by atoms with Crippen molar-refractivity contribution < 1.29 is 9.53 Å². The van der Waals surface area contributed by atoms with E-state index >= 15 is 0 Å². The van der Waals surface area contributed by atoms with Crippen LogP contribution in [0.2, 0.25) is 0 Å². The third-order valence-corrected chi connectivity index (χ3v) is 2.82. The molecule has 1 rings (SSSR count). The highest BCUT2D eigenvalue weighted by Crippen LogP contribution is 2.10. The summed E-state index contributed by atoms with van der Waals surface area (Å²) in [5.41, 5.74) is 0. The topological polar surface area (TPSA) is 41.6 Å². The minimum Gasteiger partial charge on any atom is -0.445 e. The first-order valence-electron chi connectivity index (χ1n) is 6.39. The van der Waals surface area contributed by atoms with Crippen LogP contribution < -0.4 is 5.32 Å². The second-order valence-electron chi connectivity index (χ2n) is 4.95. The molecule has 0 aromatic heterocycles. The van der Waals surface area contributed by atoms with Gasteiger partial charge in [-0.2, -0.15) is 0 Å². The Kier molecular flexibility index (Phi) is 6.05. The number of nitrogens with zero attached hydrogens (tertiary/aromatic N) is 1. The van der Waals surface area contributed by atoms with Gasteiger partial charge in [-0.25, -0.2) is 4.79 Å². The number of nitrogens with one attached hydrogen (secondary N) is 1. The van der Waals surface area contributed by atoms with E-state index in [-0.39, 0.29) is 12.7 Å². The molecule has 0 radical (unpaired) electrons. The molecule has 0 saturated carbocycles. The molecule has 1 aliphatic rings. The van der Waals surface area contributed by atoms with Crippen molar-refractivity contribution in [3.8, 4) is 0 Å². The monoisotopic (exact) mass is 240 g/mol. The van der Waals surface area contributed by atoms with Gasteiger partial charge in [0.25, 0.3) is 0 Å². The molecule has 0 aliphatic carbocycles. The van der Waals surface area contributed by atoms with Crippen LogP contribution in [0.25, 0.3) is 0 Å². The highest BCUT2D eigenvalue weighted by Gasteiger charge is 2.22. The van der Waals surface area contributed by atoms with E-state index in [1.165, 1.54) is 0 Å². The second-order valence-corrected chi connectivity index (χ2v) is 4.95. The zero-order chi connectivity index (χ0) is 12.7. The highest BCUT2D eigenvalue weighted by atomic mass is 16.6. The summed E-state index contributed by atoms with van der Waals surface area (Å²) in [7, 11) is 0. The molecular weight excluding hydrogens is 216 g/mol. The van der Waals surface area contributed by atoms with Crippen LogP contribution in [0.1, 0.15) is 26.7 Å². The molecule has 0 bridgehead atoms. The zero-order valence-corrected chi connectivity index (χ0v) is 10.9. The van der Waals surface area contributed by atoms with Crippen LogP contribution in [0.3, 0.4) is 0 Å². The van der Waals surface area contributed by atoms with E-state index in [1.54, 1.807) is 11.0 Å². The van der Waals surface area contributed by atoms with Crippen LogP contribution in [0.15, 0.2) is 12.7 Å². The van der Waals surface area contributed by atoms with E-state index in [0.717, 1.165) is 32.5 Å². The largest absolute Gasteiger partial charge is 0.445 e. The Balaban J connectivity index is 2.47. The number of rotatable bonds is 4. The second kappa shape index (κ2) is 7.33. The minimum absolute atomic E-state index is 0.220. The van der Waals surface area contributed by atoms with E-state index in [0.29, 0.717) is 12.0 Å². The van der Waals surface area contributed by atoms with Gasteiger partial charge in [0.05, 0.1) is 0 Å². The van der Waals surface area contributed by atoms with E-state index in [4.69, 9.17) is 4.74 Å². The number of ether oxygens (including phenoxy) is 1. The third kappa shape index (κ3) is 5.22. The number of hydrogen-bond acceptors (Lipinski definition) is 3. The predicted molar refractivity (Wildman–Crippen MR) is 69.0 cm³/mol. The number of amides is 1. The average Bonchev–Trinajstić information content (AvgIpc) is 2.50. The molecule has 0 aromatic rings. The standard InChI is InChI=1S/C13H24N2O2/c1-4-8-17-13(16)15-7-5-6-14-12(10-15)9-11(2)3/h4,11-12,14H,1,5-10H2,2-3H3. The van der Waals surface area contributed by atoms with Gasteiger partial charge in [-0.15, -0.1) is 0 Å². The van der Waals surface area contributed by atoms with Gasteiger partial charge in [-0.05, 0) is 25.3 Å². The molecule has 1 N–H and O–H groups in total. The van der Waals surface area contributed by atoms with E-state index < -0.39 is 0 Å². The molecule has 0 spiro atoms. The van der Waals surface area contributed by atoms with Crippen molar-refractivity contribution >= 4 is 6.09 Å². The zero-order valence-electron chi connectivity index (χ0n) is 10.9. The van der Waals surface area contributed by atoms with E-state index in [9.17, 15) is 4.79 Å². The van der Waals surface area contributed by atoms with Gasteiger partial charge in [0.15, 0.2) is 0 Å². The number of carbonyl (C=O) groups is 1. The van der Waals surface area contributed by atoms with E-state index in [1.807, 2.05) is 0 Å². The summed E-state index contributed by atoms with van der Waals surface area (Å²) in [6.45, 7) is 10.7. The molecule has 1 saturated heterocycles. The van der Waals surface area contributed by atoms with Gasteiger partial charge in [-0.3, -0.25) is 0 Å². The van der Waals surface area contributed by atoms with Crippen LogP contribution in [-0.4, -0.2) is 43.3 Å². The van der Waals surface area contributed by atoms with Gasteiger partial charge in [0.1, 0.15) is 6.61 Å². The number of hydrogen-bond donors (Lipinski definition) is 1. The van der Waals surface area contributed by atoms with Crippen molar-refractivity contribution in [3.05, 3.63) is 12.7 Å². The van der Waals surface area contributed by atoms with Gasteiger partial charge in [-0.1, -0.05) is 26.5 Å². The van der Waals surface area contributed by atoms with Crippen molar-refractivity contribution in [3.63, 3.8) is 0 Å². The normalized spacial score (nSPS) is 21.1. The van der Waals surface area contributed by atoms with Gasteiger partial charge < -0.3 is 15.0 Å². The molecule has 98 valence electrons. The predicted octanol–water partition coefficient (Wildman–Crippen LogP) is 2.02.